The van der Waals surface area contributed by atoms with E-state index in [4.69, 9.17) is 10.7 Å². The van der Waals surface area contributed by atoms with Crippen LogP contribution in [0.3, 0.4) is 0 Å². The summed E-state index contributed by atoms with van der Waals surface area (Å²) in [5.41, 5.74) is 1.17. The summed E-state index contributed by atoms with van der Waals surface area (Å²) < 4.78 is 8.67. The molecule has 0 aliphatic heterocycles. The summed E-state index contributed by atoms with van der Waals surface area (Å²) in [5.74, 6) is -0.767. The molecule has 1 rings (SSSR count). The van der Waals surface area contributed by atoms with E-state index in [1.54, 1.807) is 18.2 Å². The molecule has 0 aliphatic rings. The fourth-order valence-electron chi connectivity index (χ4n) is 1.29. The lowest BCUT2D eigenvalue weighted by molar-refractivity contribution is 0.0547. The van der Waals surface area contributed by atoms with Gasteiger partial charge in [0.1, 0.15) is 0 Å². The monoisotopic (exact) mass is 288 g/mol. The highest BCUT2D eigenvalue weighted by atomic mass is 35.7. The van der Waals surface area contributed by atoms with Crippen molar-refractivity contribution in [2.75, 3.05) is 0 Å². The molecule has 1 aromatic rings. The van der Waals surface area contributed by atoms with E-state index in [0.717, 1.165) is 5.56 Å². The predicted octanol–water partition coefficient (Wildman–Crippen LogP) is 4.08. The summed E-state index contributed by atoms with van der Waals surface area (Å²) in [4.78, 5) is 22.6. The van der Waals surface area contributed by atoms with Crippen LogP contribution in [-0.2, 0) is 14.3 Å². The summed E-state index contributed by atoms with van der Waals surface area (Å²) in [5, 5.41) is 0. The number of hydrogen-bond donors (Lipinski definition) is 0. The summed E-state index contributed by atoms with van der Waals surface area (Å²) >= 11 is 0.300. The third-order valence-corrected chi connectivity index (χ3v) is 2.63. The fourth-order valence-corrected chi connectivity index (χ4v) is 1.53. The molecule has 1 aromatic carbocycles. The number of hydrogen-bond acceptors (Lipinski definition) is 5. The molecule has 6 heteroatoms. The second-order valence-electron chi connectivity index (χ2n) is 4.62. The first kappa shape index (κ1) is 14.9. The van der Waals surface area contributed by atoms with Gasteiger partial charge in [-0.15, -0.1) is 0 Å². The van der Waals surface area contributed by atoms with E-state index < -0.39 is 12.1 Å². The SMILES string of the molecule is CC(C)(C)c1cccc(C(=O)OC(=O)OSCl)c1. The molecule has 0 atom stereocenters. The molecule has 18 heavy (non-hydrogen) atoms. The zero-order chi connectivity index (χ0) is 13.8. The van der Waals surface area contributed by atoms with Gasteiger partial charge in [-0.25, -0.2) is 9.59 Å². The number of halogens is 1. The molecule has 4 nitrogen and oxygen atoms in total. The van der Waals surface area contributed by atoms with Gasteiger partial charge in [-0.05, 0) is 23.1 Å². The largest absolute Gasteiger partial charge is 0.530 e. The average Bonchev–Trinajstić information content (AvgIpc) is 2.28. The van der Waals surface area contributed by atoms with E-state index in [0.29, 0.717) is 16.8 Å². The van der Waals surface area contributed by atoms with Gasteiger partial charge in [-0.3, -0.25) is 0 Å². The first-order valence-electron chi connectivity index (χ1n) is 5.16. The Morgan fingerprint density at radius 3 is 2.50 bits per heavy atom. The van der Waals surface area contributed by atoms with Crippen LogP contribution >= 0.6 is 21.9 Å². The van der Waals surface area contributed by atoms with Crippen LogP contribution in [0.5, 0.6) is 0 Å². The summed E-state index contributed by atoms with van der Waals surface area (Å²) in [6.45, 7) is 6.07. The Morgan fingerprint density at radius 2 is 1.94 bits per heavy atom. The van der Waals surface area contributed by atoms with Crippen LogP contribution in [0.2, 0.25) is 0 Å². The van der Waals surface area contributed by atoms with Gasteiger partial charge in [0.25, 0.3) is 0 Å². The van der Waals surface area contributed by atoms with E-state index >= 15 is 0 Å². The van der Waals surface area contributed by atoms with Gasteiger partial charge in [0.2, 0.25) is 0 Å². The Kier molecular flexibility index (Phi) is 5.04. The van der Waals surface area contributed by atoms with Crippen LogP contribution in [-0.4, -0.2) is 12.1 Å². The van der Waals surface area contributed by atoms with Gasteiger partial charge in [-0.2, -0.15) is 0 Å². The van der Waals surface area contributed by atoms with E-state index in [2.05, 4.69) is 8.92 Å². The number of carbonyl (C=O) groups is 2. The van der Waals surface area contributed by atoms with E-state index in [9.17, 15) is 9.59 Å². The van der Waals surface area contributed by atoms with E-state index in [-0.39, 0.29) is 5.41 Å². The highest BCUT2D eigenvalue weighted by Crippen LogP contribution is 2.23. The van der Waals surface area contributed by atoms with Crippen molar-refractivity contribution in [3.8, 4) is 0 Å². The van der Waals surface area contributed by atoms with Crippen LogP contribution in [0, 0.1) is 0 Å². The number of rotatable bonds is 2. The third-order valence-electron chi connectivity index (χ3n) is 2.24. The van der Waals surface area contributed by atoms with Crippen molar-refractivity contribution >= 4 is 34.1 Å². The Labute approximate surface area is 114 Å². The maximum Gasteiger partial charge on any atom is 0.530 e. The Hall–Kier alpha value is -1.20. The van der Waals surface area contributed by atoms with Gasteiger partial charge < -0.3 is 8.92 Å². The van der Waals surface area contributed by atoms with Crippen LogP contribution in [0.15, 0.2) is 24.3 Å². The second kappa shape index (κ2) is 6.11. The number of esters is 1. The maximum atomic E-state index is 11.6. The number of ether oxygens (including phenoxy) is 1. The van der Waals surface area contributed by atoms with E-state index in [1.807, 2.05) is 26.8 Å². The highest BCUT2D eigenvalue weighted by molar-refractivity contribution is 8.17. The minimum atomic E-state index is -1.14. The summed E-state index contributed by atoms with van der Waals surface area (Å²) in [7, 11) is 5.09. The Morgan fingerprint density at radius 1 is 1.28 bits per heavy atom. The molecule has 98 valence electrons. The quantitative estimate of drug-likeness (QED) is 0.466. The van der Waals surface area contributed by atoms with Gasteiger partial charge in [0, 0.05) is 10.7 Å². The molecule has 0 N–H and O–H groups in total. The first-order chi connectivity index (χ1) is 8.34. The molecule has 0 radical (unpaired) electrons. The van der Waals surface area contributed by atoms with Gasteiger partial charge in [0.15, 0.2) is 11.3 Å². The standard InChI is InChI=1S/C12H13ClO4S/c1-12(2,3)9-6-4-5-8(7-9)10(14)16-11(15)17-18-13/h4-7H,1-3H3. The van der Waals surface area contributed by atoms with Gasteiger partial charge in [0.05, 0.1) is 5.56 Å². The lowest BCUT2D eigenvalue weighted by Crippen LogP contribution is -2.15. The molecule has 0 aliphatic carbocycles. The third kappa shape index (κ3) is 4.23. The van der Waals surface area contributed by atoms with Crippen molar-refractivity contribution in [1.29, 1.82) is 0 Å². The second-order valence-corrected chi connectivity index (χ2v) is 5.29. The average molecular weight is 289 g/mol. The zero-order valence-electron chi connectivity index (χ0n) is 10.2. The summed E-state index contributed by atoms with van der Waals surface area (Å²) in [6, 6.07) is 6.89. The van der Waals surface area contributed by atoms with Crippen molar-refractivity contribution in [1.82, 2.24) is 0 Å². The molecular weight excluding hydrogens is 276 g/mol. The molecule has 0 heterocycles. The lowest BCUT2D eigenvalue weighted by Gasteiger charge is -2.19. The normalized spacial score (nSPS) is 10.9. The van der Waals surface area contributed by atoms with Gasteiger partial charge >= 0.3 is 12.1 Å². The molecular formula is C12H13ClO4S. The number of benzene rings is 1. The molecule has 0 saturated heterocycles. The predicted molar refractivity (Wildman–Crippen MR) is 70.5 cm³/mol. The smallest absolute Gasteiger partial charge is 0.356 e. The molecule has 0 fully saturated rings. The lowest BCUT2D eigenvalue weighted by atomic mass is 9.86. The van der Waals surface area contributed by atoms with Gasteiger partial charge in [-0.1, -0.05) is 32.9 Å². The minimum Gasteiger partial charge on any atom is -0.356 e. The number of carbonyl (C=O) groups excluding carboxylic acids is 2. The fraction of sp³-hybridized carbons (Fsp3) is 0.333. The van der Waals surface area contributed by atoms with Crippen molar-refractivity contribution in [2.45, 2.75) is 26.2 Å². The molecule has 0 spiro atoms. The minimum absolute atomic E-state index is 0.0945. The molecule has 0 amide bonds. The first-order valence-corrected chi connectivity index (χ1v) is 6.73. The Bertz CT molecular complexity index is 454. The highest BCUT2D eigenvalue weighted by Gasteiger charge is 2.18. The van der Waals surface area contributed by atoms with Crippen LogP contribution < -0.4 is 0 Å². The maximum absolute atomic E-state index is 11.6. The zero-order valence-corrected chi connectivity index (χ0v) is 11.8. The van der Waals surface area contributed by atoms with Crippen molar-refractivity contribution in [2.24, 2.45) is 0 Å². The molecule has 0 bridgehead atoms. The van der Waals surface area contributed by atoms with Crippen LogP contribution in [0.4, 0.5) is 4.79 Å². The van der Waals surface area contributed by atoms with Crippen molar-refractivity contribution in [3.63, 3.8) is 0 Å². The molecule has 0 aromatic heterocycles. The van der Waals surface area contributed by atoms with Crippen LogP contribution in [0.1, 0.15) is 36.7 Å². The topological polar surface area (TPSA) is 52.6 Å². The summed E-state index contributed by atoms with van der Waals surface area (Å²) in [6.07, 6.45) is -1.14. The Balaban J connectivity index is 2.84. The molecule has 0 saturated carbocycles. The van der Waals surface area contributed by atoms with Crippen LogP contribution in [0.25, 0.3) is 0 Å². The van der Waals surface area contributed by atoms with E-state index in [1.165, 1.54) is 0 Å². The van der Waals surface area contributed by atoms with Crippen molar-refractivity contribution < 1.29 is 18.5 Å². The van der Waals surface area contributed by atoms with Crippen molar-refractivity contribution in [3.05, 3.63) is 35.4 Å². The molecule has 0 unspecified atom stereocenters.